The van der Waals surface area contributed by atoms with Crippen molar-refractivity contribution in [2.24, 2.45) is 35.5 Å². The molecule has 3 saturated carbocycles. The van der Waals surface area contributed by atoms with Gasteiger partial charge in [-0.25, -0.2) is 0 Å². The molecule has 0 aromatic rings. The van der Waals surface area contributed by atoms with Crippen LogP contribution in [0, 0.1) is 35.5 Å². The van der Waals surface area contributed by atoms with Crippen LogP contribution in [0.2, 0.25) is 0 Å². The van der Waals surface area contributed by atoms with Crippen molar-refractivity contribution in [2.75, 3.05) is 13.1 Å². The fourth-order valence-corrected chi connectivity index (χ4v) is 4.93. The van der Waals surface area contributed by atoms with Gasteiger partial charge < -0.3 is 10.6 Å². The Balaban J connectivity index is 1.27. The van der Waals surface area contributed by atoms with Gasteiger partial charge in [-0.15, -0.1) is 0 Å². The molecule has 0 aromatic carbocycles. The monoisotopic (exact) mass is 362 g/mol. The molecular weight excluding hydrogens is 324 g/mol. The first-order valence-corrected chi connectivity index (χ1v) is 11.1. The molecule has 26 heavy (non-hydrogen) atoms. The second kappa shape index (κ2) is 9.23. The van der Waals surface area contributed by atoms with Crippen LogP contribution in [0.5, 0.6) is 0 Å². The molecule has 3 rings (SSSR count). The molecule has 0 unspecified atom stereocenters. The molecule has 3 aliphatic rings. The highest BCUT2D eigenvalue weighted by Gasteiger charge is 2.39. The summed E-state index contributed by atoms with van der Waals surface area (Å²) < 4.78 is 0. The summed E-state index contributed by atoms with van der Waals surface area (Å²) in [4.78, 5) is 24.3. The van der Waals surface area contributed by atoms with Gasteiger partial charge in [-0.05, 0) is 81.5 Å². The summed E-state index contributed by atoms with van der Waals surface area (Å²) >= 11 is 0. The third-order valence-corrected chi connectivity index (χ3v) is 7.34. The Hall–Kier alpha value is -1.06. The molecule has 0 heterocycles. The van der Waals surface area contributed by atoms with Crippen LogP contribution < -0.4 is 10.6 Å². The summed E-state index contributed by atoms with van der Waals surface area (Å²) in [7, 11) is 0. The molecule has 2 atom stereocenters. The lowest BCUT2D eigenvalue weighted by Gasteiger charge is -2.30. The average Bonchev–Trinajstić information content (AvgIpc) is 3.42. The van der Waals surface area contributed by atoms with Crippen molar-refractivity contribution >= 4 is 11.8 Å². The average molecular weight is 363 g/mol. The van der Waals surface area contributed by atoms with E-state index in [0.717, 1.165) is 38.3 Å². The van der Waals surface area contributed by atoms with E-state index in [1.807, 2.05) is 0 Å². The molecule has 0 spiro atoms. The lowest BCUT2D eigenvalue weighted by atomic mass is 9.80. The smallest absolute Gasteiger partial charge is 0.223 e. The van der Waals surface area contributed by atoms with Gasteiger partial charge in [0.25, 0.3) is 0 Å². The van der Waals surface area contributed by atoms with Crippen molar-refractivity contribution in [3.05, 3.63) is 0 Å². The normalized spacial score (nSPS) is 37.0. The summed E-state index contributed by atoms with van der Waals surface area (Å²) in [5.41, 5.74) is 0. The molecule has 4 heteroatoms. The number of nitrogens with one attached hydrogen (secondary N) is 2. The maximum absolute atomic E-state index is 12.4. The van der Waals surface area contributed by atoms with E-state index in [0.29, 0.717) is 23.7 Å². The molecule has 148 valence electrons. The van der Waals surface area contributed by atoms with Crippen molar-refractivity contribution in [1.82, 2.24) is 10.6 Å². The van der Waals surface area contributed by atoms with Crippen LogP contribution in [0.3, 0.4) is 0 Å². The summed E-state index contributed by atoms with van der Waals surface area (Å²) in [6.45, 7) is 6.12. The quantitative estimate of drug-likeness (QED) is 0.722. The molecule has 2 amide bonds. The second-order valence-corrected chi connectivity index (χ2v) is 9.32. The Morgan fingerprint density at radius 2 is 1.23 bits per heavy atom. The van der Waals surface area contributed by atoms with E-state index >= 15 is 0 Å². The first-order valence-electron chi connectivity index (χ1n) is 11.1. The highest BCUT2D eigenvalue weighted by atomic mass is 16.2. The van der Waals surface area contributed by atoms with Gasteiger partial charge in [0, 0.05) is 24.9 Å². The molecular formula is C22H38N2O2. The zero-order valence-corrected chi connectivity index (χ0v) is 16.8. The molecule has 3 aliphatic carbocycles. The van der Waals surface area contributed by atoms with Gasteiger partial charge in [-0.3, -0.25) is 9.59 Å². The molecule has 3 fully saturated rings. The second-order valence-electron chi connectivity index (χ2n) is 9.32. The van der Waals surface area contributed by atoms with E-state index in [9.17, 15) is 9.59 Å². The molecule has 0 aromatic heterocycles. The predicted molar refractivity (Wildman–Crippen MR) is 104 cm³/mol. The fourth-order valence-electron chi connectivity index (χ4n) is 4.93. The number of hydrogen-bond acceptors (Lipinski definition) is 2. The molecule has 0 aliphatic heterocycles. The van der Waals surface area contributed by atoms with Crippen LogP contribution in [-0.2, 0) is 9.59 Å². The summed E-state index contributed by atoms with van der Waals surface area (Å²) in [5, 5.41) is 6.39. The maximum atomic E-state index is 12.4. The molecule has 0 bridgehead atoms. The van der Waals surface area contributed by atoms with Gasteiger partial charge in [0.1, 0.15) is 0 Å². The zero-order chi connectivity index (χ0) is 18.5. The predicted octanol–water partition coefficient (Wildman–Crippen LogP) is 3.90. The standard InChI is InChI=1S/C22H38N2O2/c1-3-16-8-10-19(11-9-16)21(25)23-13-17-4-6-18(7-5-17)14-24-22(26)20-12-15(20)2/h15-20H,3-14H2,1-2H3,(H,23,25)(H,24,26)/t15-,16?,17?,18?,19?,20-/m1/s1. The minimum Gasteiger partial charge on any atom is -0.356 e. The van der Waals surface area contributed by atoms with E-state index in [1.54, 1.807) is 0 Å². The van der Waals surface area contributed by atoms with Crippen LogP contribution in [0.25, 0.3) is 0 Å². The van der Waals surface area contributed by atoms with E-state index in [-0.39, 0.29) is 17.7 Å². The van der Waals surface area contributed by atoms with E-state index < -0.39 is 0 Å². The highest BCUT2D eigenvalue weighted by molar-refractivity contribution is 5.81. The molecule has 0 radical (unpaired) electrons. The minimum absolute atomic E-state index is 0.258. The first-order chi connectivity index (χ1) is 12.6. The molecule has 2 N–H and O–H groups in total. The Morgan fingerprint density at radius 1 is 0.769 bits per heavy atom. The number of hydrogen-bond donors (Lipinski definition) is 2. The van der Waals surface area contributed by atoms with Gasteiger partial charge in [0.05, 0.1) is 0 Å². The summed E-state index contributed by atoms with van der Waals surface area (Å²) in [5.74, 6) is 3.80. The largest absolute Gasteiger partial charge is 0.356 e. The number of carbonyl (C=O) groups excluding carboxylic acids is 2. The third kappa shape index (κ3) is 5.47. The van der Waals surface area contributed by atoms with Crippen LogP contribution in [0.4, 0.5) is 0 Å². The number of rotatable bonds is 7. The Kier molecular flexibility index (Phi) is 6.99. The Bertz CT molecular complexity index is 477. The van der Waals surface area contributed by atoms with Crippen molar-refractivity contribution in [3.8, 4) is 0 Å². The van der Waals surface area contributed by atoms with Crippen molar-refractivity contribution in [2.45, 2.75) is 78.1 Å². The van der Waals surface area contributed by atoms with Crippen molar-refractivity contribution < 1.29 is 9.59 Å². The Morgan fingerprint density at radius 3 is 1.69 bits per heavy atom. The lowest BCUT2D eigenvalue weighted by Crippen LogP contribution is -2.38. The maximum Gasteiger partial charge on any atom is 0.223 e. The van der Waals surface area contributed by atoms with E-state index in [4.69, 9.17) is 0 Å². The number of carbonyl (C=O) groups is 2. The Labute approximate surface area is 159 Å². The van der Waals surface area contributed by atoms with Crippen LogP contribution in [-0.4, -0.2) is 24.9 Å². The van der Waals surface area contributed by atoms with Crippen molar-refractivity contribution in [3.63, 3.8) is 0 Å². The zero-order valence-electron chi connectivity index (χ0n) is 16.8. The van der Waals surface area contributed by atoms with Crippen LogP contribution >= 0.6 is 0 Å². The SMILES string of the molecule is CCC1CCC(C(=O)NCC2CCC(CNC(=O)[C@@H]3C[C@H]3C)CC2)CC1. The summed E-state index contributed by atoms with van der Waals surface area (Å²) in [6, 6.07) is 0. The topological polar surface area (TPSA) is 58.2 Å². The van der Waals surface area contributed by atoms with E-state index in [2.05, 4.69) is 24.5 Å². The lowest BCUT2D eigenvalue weighted by molar-refractivity contribution is -0.126. The van der Waals surface area contributed by atoms with Gasteiger partial charge in [0.15, 0.2) is 0 Å². The van der Waals surface area contributed by atoms with Gasteiger partial charge in [-0.1, -0.05) is 20.3 Å². The minimum atomic E-state index is 0.258. The van der Waals surface area contributed by atoms with Crippen molar-refractivity contribution in [1.29, 1.82) is 0 Å². The van der Waals surface area contributed by atoms with Crippen LogP contribution in [0.15, 0.2) is 0 Å². The van der Waals surface area contributed by atoms with E-state index in [1.165, 1.54) is 44.9 Å². The first kappa shape index (κ1) is 19.7. The molecule has 0 saturated heterocycles. The van der Waals surface area contributed by atoms with Crippen LogP contribution in [0.1, 0.15) is 78.1 Å². The third-order valence-electron chi connectivity index (χ3n) is 7.34. The molecule has 4 nitrogen and oxygen atoms in total. The highest BCUT2D eigenvalue weighted by Crippen LogP contribution is 2.38. The fraction of sp³-hybridized carbons (Fsp3) is 0.909. The number of amides is 2. The summed E-state index contributed by atoms with van der Waals surface area (Å²) in [6.07, 6.45) is 11.7. The van der Waals surface area contributed by atoms with Gasteiger partial charge >= 0.3 is 0 Å². The van der Waals surface area contributed by atoms with Gasteiger partial charge in [-0.2, -0.15) is 0 Å². The van der Waals surface area contributed by atoms with Gasteiger partial charge in [0.2, 0.25) is 11.8 Å².